The standard InChI is InChI=1S/C17H22N4O4/c1-20(13-6-4-3-5-7-13)16(22)11-25-21-15-10-12(17(23)24-2)8-9-14(15)18-19-21/h8-10,13H,3-7,11H2,1-2H3. The number of hydrogen-bond donors (Lipinski definition) is 0. The van der Waals surface area contributed by atoms with E-state index in [4.69, 9.17) is 9.57 Å². The van der Waals surface area contributed by atoms with Crippen LogP contribution in [0.5, 0.6) is 0 Å². The first-order valence-corrected chi connectivity index (χ1v) is 8.43. The van der Waals surface area contributed by atoms with Gasteiger partial charge < -0.3 is 14.5 Å². The number of nitrogens with zero attached hydrogens (tertiary/aromatic N) is 4. The van der Waals surface area contributed by atoms with Crippen LogP contribution in [0.3, 0.4) is 0 Å². The molecule has 1 amide bonds. The number of carbonyl (C=O) groups excluding carboxylic acids is 2. The second-order valence-electron chi connectivity index (χ2n) is 6.23. The molecular formula is C17H22N4O4. The average Bonchev–Trinajstić information content (AvgIpc) is 3.07. The van der Waals surface area contributed by atoms with Gasteiger partial charge in [0.25, 0.3) is 5.91 Å². The van der Waals surface area contributed by atoms with Crippen LogP contribution in [0, 0.1) is 0 Å². The van der Waals surface area contributed by atoms with Crippen LogP contribution in [0.15, 0.2) is 18.2 Å². The molecule has 25 heavy (non-hydrogen) atoms. The van der Waals surface area contributed by atoms with Crippen molar-refractivity contribution in [3.05, 3.63) is 23.8 Å². The Balaban J connectivity index is 1.68. The van der Waals surface area contributed by atoms with Crippen molar-refractivity contribution in [3.63, 3.8) is 0 Å². The van der Waals surface area contributed by atoms with E-state index in [1.165, 1.54) is 18.4 Å². The van der Waals surface area contributed by atoms with E-state index in [0.29, 0.717) is 16.6 Å². The Labute approximate surface area is 145 Å². The summed E-state index contributed by atoms with van der Waals surface area (Å²) in [5.74, 6) is -0.553. The maximum absolute atomic E-state index is 12.4. The predicted molar refractivity (Wildman–Crippen MR) is 90.0 cm³/mol. The quantitative estimate of drug-likeness (QED) is 0.762. The van der Waals surface area contributed by atoms with Crippen molar-refractivity contribution in [3.8, 4) is 0 Å². The van der Waals surface area contributed by atoms with Crippen LogP contribution in [-0.4, -0.2) is 58.7 Å². The minimum atomic E-state index is -0.456. The summed E-state index contributed by atoms with van der Waals surface area (Å²) in [5.41, 5.74) is 1.45. The summed E-state index contributed by atoms with van der Waals surface area (Å²) in [5, 5.41) is 7.86. The first-order valence-electron chi connectivity index (χ1n) is 8.43. The van der Waals surface area contributed by atoms with Gasteiger partial charge in [-0.2, -0.15) is 0 Å². The molecule has 0 saturated heterocycles. The fraction of sp³-hybridized carbons (Fsp3) is 0.529. The van der Waals surface area contributed by atoms with Crippen molar-refractivity contribution in [1.29, 1.82) is 0 Å². The number of aromatic nitrogens is 3. The number of methoxy groups -OCH3 is 1. The van der Waals surface area contributed by atoms with E-state index >= 15 is 0 Å². The molecule has 0 radical (unpaired) electrons. The molecule has 3 rings (SSSR count). The van der Waals surface area contributed by atoms with E-state index in [2.05, 4.69) is 10.3 Å². The topological polar surface area (TPSA) is 86.5 Å². The predicted octanol–water partition coefficient (Wildman–Crippen LogP) is 1.44. The number of benzene rings is 1. The van der Waals surface area contributed by atoms with Gasteiger partial charge in [0, 0.05) is 13.1 Å². The third-order valence-corrected chi connectivity index (χ3v) is 4.66. The zero-order chi connectivity index (χ0) is 17.8. The maximum Gasteiger partial charge on any atom is 0.337 e. The van der Waals surface area contributed by atoms with Crippen molar-refractivity contribution in [1.82, 2.24) is 20.1 Å². The summed E-state index contributed by atoms with van der Waals surface area (Å²) < 4.78 is 4.71. The molecule has 1 aliphatic rings. The highest BCUT2D eigenvalue weighted by Gasteiger charge is 2.22. The van der Waals surface area contributed by atoms with Crippen LogP contribution in [0.25, 0.3) is 11.0 Å². The van der Waals surface area contributed by atoms with E-state index in [0.717, 1.165) is 25.7 Å². The van der Waals surface area contributed by atoms with E-state index < -0.39 is 5.97 Å². The monoisotopic (exact) mass is 346 g/mol. The Hall–Kier alpha value is -2.64. The molecule has 0 bridgehead atoms. The molecule has 1 saturated carbocycles. The van der Waals surface area contributed by atoms with Gasteiger partial charge in [0.2, 0.25) is 0 Å². The highest BCUT2D eigenvalue weighted by molar-refractivity contribution is 5.93. The molecule has 0 atom stereocenters. The number of likely N-dealkylation sites (N-methyl/N-ethyl adjacent to an activating group) is 1. The Kier molecular flexibility index (Phi) is 5.16. The maximum atomic E-state index is 12.4. The average molecular weight is 346 g/mol. The normalized spacial score (nSPS) is 15.1. The number of esters is 1. The van der Waals surface area contributed by atoms with Gasteiger partial charge in [-0.3, -0.25) is 4.79 Å². The lowest BCUT2D eigenvalue weighted by Crippen LogP contribution is -2.41. The van der Waals surface area contributed by atoms with Crippen molar-refractivity contribution in [2.24, 2.45) is 0 Å². The lowest BCUT2D eigenvalue weighted by molar-refractivity contribution is -0.138. The zero-order valence-electron chi connectivity index (χ0n) is 14.5. The molecular weight excluding hydrogens is 324 g/mol. The molecule has 8 nitrogen and oxygen atoms in total. The van der Waals surface area contributed by atoms with Gasteiger partial charge in [-0.1, -0.05) is 24.1 Å². The molecule has 8 heteroatoms. The molecule has 134 valence electrons. The molecule has 0 spiro atoms. The molecule has 1 fully saturated rings. The molecule has 1 aliphatic carbocycles. The summed E-state index contributed by atoms with van der Waals surface area (Å²) in [4.78, 5) is 32.4. The highest BCUT2D eigenvalue weighted by Crippen LogP contribution is 2.21. The number of ether oxygens (including phenoxy) is 1. The minimum Gasteiger partial charge on any atom is -0.465 e. The summed E-state index contributed by atoms with van der Waals surface area (Å²) in [6, 6.07) is 5.12. The summed E-state index contributed by atoms with van der Waals surface area (Å²) in [6.07, 6.45) is 5.64. The Morgan fingerprint density at radius 1 is 1.28 bits per heavy atom. The van der Waals surface area contributed by atoms with Gasteiger partial charge in [-0.15, -0.1) is 5.10 Å². The Morgan fingerprint density at radius 2 is 2.04 bits per heavy atom. The van der Waals surface area contributed by atoms with E-state index in [1.54, 1.807) is 23.1 Å². The highest BCUT2D eigenvalue weighted by atomic mass is 16.7. The van der Waals surface area contributed by atoms with Crippen molar-refractivity contribution >= 4 is 22.9 Å². The van der Waals surface area contributed by atoms with Gasteiger partial charge in [0.15, 0.2) is 6.61 Å². The SMILES string of the molecule is COC(=O)c1ccc2nnn(OCC(=O)N(C)C3CCCCC3)c2c1. The lowest BCUT2D eigenvalue weighted by Gasteiger charge is -2.31. The second-order valence-corrected chi connectivity index (χ2v) is 6.23. The van der Waals surface area contributed by atoms with Crippen LogP contribution in [0.2, 0.25) is 0 Å². The van der Waals surface area contributed by atoms with Gasteiger partial charge in [-0.25, -0.2) is 4.79 Å². The molecule has 0 N–H and O–H groups in total. The number of fused-ring (bicyclic) bond motifs is 1. The molecule has 1 aromatic carbocycles. The number of carbonyl (C=O) groups is 2. The fourth-order valence-corrected chi connectivity index (χ4v) is 3.13. The minimum absolute atomic E-state index is 0.0975. The molecule has 2 aromatic rings. The van der Waals surface area contributed by atoms with E-state index in [-0.39, 0.29) is 18.6 Å². The van der Waals surface area contributed by atoms with Gasteiger partial charge in [0.05, 0.1) is 12.7 Å². The summed E-state index contributed by atoms with van der Waals surface area (Å²) in [6.45, 7) is -0.131. The largest absolute Gasteiger partial charge is 0.465 e. The third-order valence-electron chi connectivity index (χ3n) is 4.66. The van der Waals surface area contributed by atoms with Gasteiger partial charge in [-0.05, 0) is 36.3 Å². The van der Waals surface area contributed by atoms with Gasteiger partial charge >= 0.3 is 5.97 Å². The van der Waals surface area contributed by atoms with Crippen molar-refractivity contribution in [2.75, 3.05) is 20.8 Å². The molecule has 1 aromatic heterocycles. The van der Waals surface area contributed by atoms with Crippen LogP contribution < -0.4 is 4.84 Å². The van der Waals surface area contributed by atoms with Crippen molar-refractivity contribution in [2.45, 2.75) is 38.1 Å². The lowest BCUT2D eigenvalue weighted by atomic mass is 9.94. The number of amides is 1. The third kappa shape index (κ3) is 3.72. The van der Waals surface area contributed by atoms with E-state index in [1.807, 2.05) is 7.05 Å². The second kappa shape index (κ2) is 7.50. The molecule has 0 unspecified atom stereocenters. The van der Waals surface area contributed by atoms with Crippen molar-refractivity contribution < 1.29 is 19.2 Å². The zero-order valence-corrected chi connectivity index (χ0v) is 14.5. The number of rotatable bonds is 5. The fourth-order valence-electron chi connectivity index (χ4n) is 3.13. The smallest absolute Gasteiger partial charge is 0.337 e. The first kappa shape index (κ1) is 17.2. The molecule has 1 heterocycles. The van der Waals surface area contributed by atoms with Crippen LogP contribution >= 0.6 is 0 Å². The molecule has 0 aliphatic heterocycles. The Morgan fingerprint density at radius 3 is 2.76 bits per heavy atom. The van der Waals surface area contributed by atoms with E-state index in [9.17, 15) is 9.59 Å². The summed E-state index contributed by atoms with van der Waals surface area (Å²) >= 11 is 0. The van der Waals surface area contributed by atoms with Crippen LogP contribution in [-0.2, 0) is 9.53 Å². The van der Waals surface area contributed by atoms with Crippen LogP contribution in [0.4, 0.5) is 0 Å². The van der Waals surface area contributed by atoms with Crippen LogP contribution in [0.1, 0.15) is 42.5 Å². The summed E-state index contributed by atoms with van der Waals surface area (Å²) in [7, 11) is 3.13. The van der Waals surface area contributed by atoms with Gasteiger partial charge in [0.1, 0.15) is 11.0 Å². The number of hydrogen-bond acceptors (Lipinski definition) is 6. The Bertz CT molecular complexity index is 767. The first-order chi connectivity index (χ1) is 12.1.